The van der Waals surface area contributed by atoms with Crippen LogP contribution in [0.5, 0.6) is 0 Å². The number of hydrogen-bond donors (Lipinski definition) is 0. The van der Waals surface area contributed by atoms with Crippen LogP contribution in [0.1, 0.15) is 32.3 Å². The van der Waals surface area contributed by atoms with Gasteiger partial charge in [0.15, 0.2) is 0 Å². The first-order valence-corrected chi connectivity index (χ1v) is 9.53. The number of aryl methyl sites for hydroxylation is 1. The highest BCUT2D eigenvalue weighted by atomic mass is 16.2. The van der Waals surface area contributed by atoms with Gasteiger partial charge in [0.25, 0.3) is 0 Å². The van der Waals surface area contributed by atoms with E-state index in [1.165, 1.54) is 17.7 Å². The molecule has 0 N–H and O–H groups in total. The van der Waals surface area contributed by atoms with Crippen LogP contribution in [0.2, 0.25) is 0 Å². The van der Waals surface area contributed by atoms with E-state index in [-0.39, 0.29) is 5.91 Å². The fraction of sp³-hybridized carbons (Fsp3) is 0.571. The fourth-order valence-corrected chi connectivity index (χ4v) is 4.04. The van der Waals surface area contributed by atoms with Crippen LogP contribution >= 0.6 is 0 Å². The number of carbonyl (C=O) groups is 1. The minimum Gasteiger partial charge on any atom is -0.369 e. The van der Waals surface area contributed by atoms with E-state index in [4.69, 9.17) is 0 Å². The number of amides is 1. The summed E-state index contributed by atoms with van der Waals surface area (Å²) in [5, 5.41) is 0. The molecule has 0 saturated carbocycles. The summed E-state index contributed by atoms with van der Waals surface area (Å²) in [6.07, 6.45) is 4.10. The van der Waals surface area contributed by atoms with Crippen molar-refractivity contribution in [2.45, 2.75) is 39.7 Å². The summed E-state index contributed by atoms with van der Waals surface area (Å²) in [5.74, 6) is 0.184. The van der Waals surface area contributed by atoms with Crippen molar-refractivity contribution < 1.29 is 4.79 Å². The topological polar surface area (TPSA) is 26.8 Å². The van der Waals surface area contributed by atoms with E-state index in [9.17, 15) is 4.79 Å². The molecule has 0 radical (unpaired) electrons. The number of piperazine rings is 1. The smallest absolute Gasteiger partial charge is 0.246 e. The molecule has 0 aromatic heterocycles. The number of carbonyl (C=O) groups excluding carboxylic acids is 1. The van der Waals surface area contributed by atoms with Gasteiger partial charge in [-0.25, -0.2) is 0 Å². The van der Waals surface area contributed by atoms with Gasteiger partial charge in [-0.3, -0.25) is 9.69 Å². The van der Waals surface area contributed by atoms with Gasteiger partial charge >= 0.3 is 0 Å². The minimum absolute atomic E-state index is 0.184. The van der Waals surface area contributed by atoms with Crippen molar-refractivity contribution in [3.8, 4) is 0 Å². The molecular weight excluding hydrogens is 310 g/mol. The van der Waals surface area contributed by atoms with Crippen molar-refractivity contribution in [2.24, 2.45) is 0 Å². The molecule has 1 aromatic carbocycles. The molecule has 2 aliphatic rings. The Morgan fingerprint density at radius 3 is 2.48 bits per heavy atom. The van der Waals surface area contributed by atoms with E-state index in [1.54, 1.807) is 6.08 Å². The molecule has 2 saturated heterocycles. The van der Waals surface area contributed by atoms with Crippen LogP contribution in [-0.4, -0.2) is 61.0 Å². The molecule has 0 spiro atoms. The summed E-state index contributed by atoms with van der Waals surface area (Å²) >= 11 is 0. The molecule has 2 fully saturated rings. The number of anilines is 1. The van der Waals surface area contributed by atoms with Gasteiger partial charge in [-0.15, -0.1) is 0 Å². The van der Waals surface area contributed by atoms with Crippen LogP contribution in [-0.2, 0) is 4.79 Å². The fourth-order valence-electron chi connectivity index (χ4n) is 4.04. The highest BCUT2D eigenvalue weighted by Crippen LogP contribution is 2.23. The molecule has 1 atom stereocenters. The average molecular weight is 341 g/mol. The Labute approximate surface area is 152 Å². The maximum atomic E-state index is 12.3. The highest BCUT2D eigenvalue weighted by molar-refractivity contribution is 5.88. The van der Waals surface area contributed by atoms with E-state index < -0.39 is 0 Å². The monoisotopic (exact) mass is 341 g/mol. The Morgan fingerprint density at radius 1 is 1.08 bits per heavy atom. The first-order chi connectivity index (χ1) is 12.0. The largest absolute Gasteiger partial charge is 0.369 e. The Bertz CT molecular complexity index is 628. The van der Waals surface area contributed by atoms with Crippen LogP contribution in [0.4, 0.5) is 5.69 Å². The van der Waals surface area contributed by atoms with Crippen molar-refractivity contribution in [2.75, 3.05) is 44.2 Å². The third-order valence-electron chi connectivity index (χ3n) is 5.41. The van der Waals surface area contributed by atoms with E-state index in [0.717, 1.165) is 51.3 Å². The zero-order valence-electron chi connectivity index (χ0n) is 15.9. The maximum Gasteiger partial charge on any atom is 0.246 e. The van der Waals surface area contributed by atoms with Crippen molar-refractivity contribution in [1.29, 1.82) is 0 Å². The summed E-state index contributed by atoms with van der Waals surface area (Å²) in [5.41, 5.74) is 3.80. The van der Waals surface area contributed by atoms with Gasteiger partial charge in [-0.1, -0.05) is 23.8 Å². The van der Waals surface area contributed by atoms with Crippen LogP contribution < -0.4 is 4.90 Å². The van der Waals surface area contributed by atoms with Gasteiger partial charge in [0.05, 0.1) is 0 Å². The molecule has 136 valence electrons. The molecule has 4 nitrogen and oxygen atoms in total. The number of likely N-dealkylation sites (tertiary alicyclic amines) is 1. The summed E-state index contributed by atoms with van der Waals surface area (Å²) in [4.78, 5) is 19.5. The summed E-state index contributed by atoms with van der Waals surface area (Å²) in [7, 11) is 0. The van der Waals surface area contributed by atoms with E-state index in [1.807, 2.05) is 18.7 Å². The number of nitrogens with zero attached hydrogens (tertiary/aromatic N) is 3. The minimum atomic E-state index is 0.184. The number of benzene rings is 1. The summed E-state index contributed by atoms with van der Waals surface area (Å²) < 4.78 is 0. The maximum absolute atomic E-state index is 12.3. The first kappa shape index (κ1) is 18.0. The van der Waals surface area contributed by atoms with Gasteiger partial charge in [0.2, 0.25) is 5.91 Å². The quantitative estimate of drug-likeness (QED) is 0.791. The molecule has 0 aliphatic carbocycles. The molecule has 4 heteroatoms. The SMILES string of the molecule is CC(C)=CC(=O)N1CCC[C@H](N2CCN(c3ccccc3C)CC2)C1. The molecule has 2 aliphatic heterocycles. The summed E-state index contributed by atoms with van der Waals surface area (Å²) in [6, 6.07) is 9.17. The molecule has 0 bridgehead atoms. The number of allylic oxidation sites excluding steroid dienone is 1. The van der Waals surface area contributed by atoms with Gasteiger partial charge in [-0.2, -0.15) is 0 Å². The van der Waals surface area contributed by atoms with Gasteiger partial charge in [0.1, 0.15) is 0 Å². The standard InChI is InChI=1S/C21H31N3O/c1-17(2)15-21(25)24-10-6-8-19(16-24)22-11-13-23(14-12-22)20-9-5-4-7-18(20)3/h4-5,7,9,15,19H,6,8,10-14,16H2,1-3H3/t19-/m0/s1. The Morgan fingerprint density at radius 2 is 1.80 bits per heavy atom. The van der Waals surface area contributed by atoms with Crippen molar-refractivity contribution in [3.63, 3.8) is 0 Å². The normalized spacial score (nSPS) is 22.0. The van der Waals surface area contributed by atoms with E-state index in [0.29, 0.717) is 6.04 Å². The predicted octanol–water partition coefficient (Wildman–Crippen LogP) is 3.07. The first-order valence-electron chi connectivity index (χ1n) is 9.53. The van der Waals surface area contributed by atoms with Gasteiger partial charge < -0.3 is 9.80 Å². The lowest BCUT2D eigenvalue weighted by Crippen LogP contribution is -2.55. The van der Waals surface area contributed by atoms with Crippen LogP contribution in [0.3, 0.4) is 0 Å². The Kier molecular flexibility index (Phi) is 5.79. The van der Waals surface area contributed by atoms with E-state index in [2.05, 4.69) is 41.0 Å². The number of rotatable bonds is 3. The highest BCUT2D eigenvalue weighted by Gasteiger charge is 2.29. The lowest BCUT2D eigenvalue weighted by molar-refractivity contribution is -0.128. The van der Waals surface area contributed by atoms with E-state index >= 15 is 0 Å². The van der Waals surface area contributed by atoms with Crippen molar-refractivity contribution in [1.82, 2.24) is 9.80 Å². The molecule has 0 unspecified atom stereocenters. The Hall–Kier alpha value is -1.81. The van der Waals surface area contributed by atoms with Gasteiger partial charge in [0, 0.05) is 57.1 Å². The second kappa shape index (κ2) is 8.05. The number of hydrogen-bond acceptors (Lipinski definition) is 3. The van der Waals surface area contributed by atoms with Crippen LogP contribution in [0.15, 0.2) is 35.9 Å². The third-order valence-corrected chi connectivity index (χ3v) is 5.41. The molecule has 25 heavy (non-hydrogen) atoms. The van der Waals surface area contributed by atoms with Gasteiger partial charge in [-0.05, 0) is 45.2 Å². The molecule has 3 rings (SSSR count). The second-order valence-electron chi connectivity index (χ2n) is 7.61. The number of piperidine rings is 1. The average Bonchev–Trinajstić information content (AvgIpc) is 2.62. The van der Waals surface area contributed by atoms with Crippen LogP contribution in [0.25, 0.3) is 0 Å². The van der Waals surface area contributed by atoms with Crippen molar-refractivity contribution >= 4 is 11.6 Å². The zero-order chi connectivity index (χ0) is 17.8. The lowest BCUT2D eigenvalue weighted by atomic mass is 10.0. The predicted molar refractivity (Wildman–Crippen MR) is 104 cm³/mol. The zero-order valence-corrected chi connectivity index (χ0v) is 15.9. The lowest BCUT2D eigenvalue weighted by Gasteiger charge is -2.44. The molecule has 2 heterocycles. The number of para-hydroxylation sites is 1. The molecule has 1 aromatic rings. The van der Waals surface area contributed by atoms with Crippen molar-refractivity contribution in [3.05, 3.63) is 41.5 Å². The Balaban J connectivity index is 1.56. The molecular formula is C21H31N3O. The third kappa shape index (κ3) is 4.43. The summed E-state index contributed by atoms with van der Waals surface area (Å²) in [6.45, 7) is 12.3. The second-order valence-corrected chi connectivity index (χ2v) is 7.61. The molecule has 1 amide bonds. The van der Waals surface area contributed by atoms with Crippen LogP contribution in [0, 0.1) is 6.92 Å².